The first-order chi connectivity index (χ1) is 14.3. The molecule has 0 spiro atoms. The highest BCUT2D eigenvalue weighted by atomic mass is 19.1. The number of aromatic nitrogens is 1. The van der Waals surface area contributed by atoms with Crippen molar-refractivity contribution in [2.75, 3.05) is 14.2 Å². The highest BCUT2D eigenvalue weighted by Crippen LogP contribution is 2.16. The van der Waals surface area contributed by atoms with Crippen molar-refractivity contribution in [1.82, 2.24) is 15.6 Å². The largest absolute Gasteiger partial charge is 0.481 e. The van der Waals surface area contributed by atoms with Gasteiger partial charge in [0.25, 0.3) is 0 Å². The number of carbonyl (C=O) groups is 3. The first kappa shape index (κ1) is 22.8. The quantitative estimate of drug-likeness (QED) is 0.594. The molecule has 2 amide bonds. The Balaban J connectivity index is 2.19. The number of hydrogen-bond donors (Lipinski definition) is 2. The van der Waals surface area contributed by atoms with Gasteiger partial charge < -0.3 is 20.1 Å². The number of esters is 1. The number of rotatable bonds is 9. The Morgan fingerprint density at radius 1 is 1.03 bits per heavy atom. The van der Waals surface area contributed by atoms with Gasteiger partial charge in [-0.3, -0.25) is 9.59 Å². The van der Waals surface area contributed by atoms with E-state index in [0.29, 0.717) is 17.0 Å². The normalized spacial score (nSPS) is 12.4. The Kier molecular flexibility index (Phi) is 8.28. The zero-order valence-corrected chi connectivity index (χ0v) is 17.0. The second kappa shape index (κ2) is 10.9. The van der Waals surface area contributed by atoms with Gasteiger partial charge in [0.05, 0.1) is 14.2 Å². The van der Waals surface area contributed by atoms with Crippen LogP contribution in [0.1, 0.15) is 18.1 Å². The van der Waals surface area contributed by atoms with E-state index in [2.05, 4.69) is 15.6 Å². The van der Waals surface area contributed by atoms with Gasteiger partial charge >= 0.3 is 5.97 Å². The van der Waals surface area contributed by atoms with Crippen LogP contribution < -0.4 is 15.4 Å². The molecular formula is C21H24FN3O5. The second-order valence-corrected chi connectivity index (χ2v) is 6.54. The van der Waals surface area contributed by atoms with Gasteiger partial charge in [-0.05, 0) is 23.8 Å². The smallest absolute Gasteiger partial charge is 0.328 e. The maximum atomic E-state index is 13.1. The minimum absolute atomic E-state index is 0.0821. The molecule has 1 aromatic carbocycles. The van der Waals surface area contributed by atoms with Crippen LogP contribution >= 0.6 is 0 Å². The summed E-state index contributed by atoms with van der Waals surface area (Å²) in [4.78, 5) is 40.8. The van der Waals surface area contributed by atoms with Crippen molar-refractivity contribution in [2.24, 2.45) is 0 Å². The van der Waals surface area contributed by atoms with Crippen LogP contribution in [-0.4, -0.2) is 49.1 Å². The van der Waals surface area contributed by atoms with Crippen LogP contribution in [-0.2, 0) is 32.0 Å². The number of carbonyl (C=O) groups excluding carboxylic acids is 3. The molecule has 0 saturated carbocycles. The molecule has 0 bridgehead atoms. The molecule has 30 heavy (non-hydrogen) atoms. The lowest BCUT2D eigenvalue weighted by atomic mass is 10.0. The van der Waals surface area contributed by atoms with Crippen molar-refractivity contribution >= 4 is 17.8 Å². The molecule has 0 unspecified atom stereocenters. The van der Waals surface area contributed by atoms with Crippen LogP contribution in [0.3, 0.4) is 0 Å². The Morgan fingerprint density at radius 2 is 1.73 bits per heavy atom. The maximum Gasteiger partial charge on any atom is 0.328 e. The van der Waals surface area contributed by atoms with Gasteiger partial charge in [-0.25, -0.2) is 14.2 Å². The minimum atomic E-state index is -1.02. The van der Waals surface area contributed by atoms with E-state index in [4.69, 9.17) is 9.47 Å². The van der Waals surface area contributed by atoms with E-state index < -0.39 is 35.7 Å². The SMILES string of the molecule is COC(=O)[C@@H](Cc1cccnc1OC)NC(=O)[C@H](Cc1ccc(F)cc1)NC(C)=O. The molecule has 2 aromatic rings. The summed E-state index contributed by atoms with van der Waals surface area (Å²) < 4.78 is 23.1. The summed E-state index contributed by atoms with van der Waals surface area (Å²) in [6.07, 6.45) is 1.75. The van der Waals surface area contributed by atoms with E-state index in [-0.39, 0.29) is 12.8 Å². The highest BCUT2D eigenvalue weighted by molar-refractivity contribution is 5.90. The fourth-order valence-corrected chi connectivity index (χ4v) is 2.90. The van der Waals surface area contributed by atoms with Crippen LogP contribution in [0.5, 0.6) is 5.88 Å². The predicted molar refractivity (Wildman–Crippen MR) is 106 cm³/mol. The molecule has 0 saturated heterocycles. The fourth-order valence-electron chi connectivity index (χ4n) is 2.90. The van der Waals surface area contributed by atoms with Crippen molar-refractivity contribution in [2.45, 2.75) is 31.8 Å². The molecule has 2 rings (SSSR count). The maximum absolute atomic E-state index is 13.1. The highest BCUT2D eigenvalue weighted by Gasteiger charge is 2.28. The Morgan fingerprint density at radius 3 is 2.33 bits per heavy atom. The summed E-state index contributed by atoms with van der Waals surface area (Å²) in [5, 5.41) is 5.18. The molecule has 0 fully saturated rings. The number of hydrogen-bond acceptors (Lipinski definition) is 6. The Bertz CT molecular complexity index is 888. The number of nitrogens with one attached hydrogen (secondary N) is 2. The third-order valence-corrected chi connectivity index (χ3v) is 4.32. The van der Waals surface area contributed by atoms with Crippen molar-refractivity contribution < 1.29 is 28.2 Å². The zero-order valence-electron chi connectivity index (χ0n) is 17.0. The third kappa shape index (κ3) is 6.54. The first-order valence-corrected chi connectivity index (χ1v) is 9.21. The summed E-state index contributed by atoms with van der Waals surface area (Å²) in [7, 11) is 2.67. The van der Waals surface area contributed by atoms with E-state index in [1.54, 1.807) is 18.3 Å². The topological polar surface area (TPSA) is 107 Å². The number of halogens is 1. The van der Waals surface area contributed by atoms with Gasteiger partial charge in [0, 0.05) is 31.5 Å². The molecule has 0 aliphatic rings. The Hall–Kier alpha value is -3.49. The minimum Gasteiger partial charge on any atom is -0.481 e. The standard InChI is InChI=1S/C21H24FN3O5/c1-13(26)24-17(11-14-6-8-16(22)9-7-14)19(27)25-18(21(28)30-3)12-15-5-4-10-23-20(15)29-2/h4-10,17-18H,11-12H2,1-3H3,(H,24,26)(H,25,27)/t17-,18+/m0/s1. The average molecular weight is 417 g/mol. The van der Waals surface area contributed by atoms with E-state index in [1.165, 1.54) is 45.4 Å². The summed E-state index contributed by atoms with van der Waals surface area (Å²) in [6, 6.07) is 7.00. The van der Waals surface area contributed by atoms with Crippen molar-refractivity contribution in [3.05, 3.63) is 59.5 Å². The molecule has 9 heteroatoms. The molecule has 1 heterocycles. The summed E-state index contributed by atoms with van der Waals surface area (Å²) in [5.41, 5.74) is 1.25. The number of amides is 2. The van der Waals surface area contributed by atoms with Crippen LogP contribution in [0.2, 0.25) is 0 Å². The van der Waals surface area contributed by atoms with Gasteiger partial charge in [-0.1, -0.05) is 18.2 Å². The third-order valence-electron chi connectivity index (χ3n) is 4.32. The molecule has 0 radical (unpaired) electrons. The molecule has 160 valence electrons. The average Bonchev–Trinajstić information content (AvgIpc) is 2.73. The van der Waals surface area contributed by atoms with Gasteiger partial charge in [0.1, 0.15) is 17.9 Å². The van der Waals surface area contributed by atoms with E-state index >= 15 is 0 Å². The van der Waals surface area contributed by atoms with Gasteiger partial charge in [-0.15, -0.1) is 0 Å². The van der Waals surface area contributed by atoms with Crippen molar-refractivity contribution in [3.63, 3.8) is 0 Å². The zero-order chi connectivity index (χ0) is 22.1. The van der Waals surface area contributed by atoms with Crippen LogP contribution in [0.4, 0.5) is 4.39 Å². The number of pyridine rings is 1. The molecule has 8 nitrogen and oxygen atoms in total. The lowest BCUT2D eigenvalue weighted by molar-refractivity contribution is -0.145. The molecule has 2 N–H and O–H groups in total. The van der Waals surface area contributed by atoms with Crippen molar-refractivity contribution in [3.8, 4) is 5.88 Å². The van der Waals surface area contributed by atoms with Gasteiger partial charge in [0.2, 0.25) is 17.7 Å². The van der Waals surface area contributed by atoms with Crippen molar-refractivity contribution in [1.29, 1.82) is 0 Å². The molecule has 0 aliphatic heterocycles. The summed E-state index contributed by atoms with van der Waals surface area (Å²) >= 11 is 0. The summed E-state index contributed by atoms with van der Waals surface area (Å²) in [6.45, 7) is 1.28. The van der Waals surface area contributed by atoms with Gasteiger partial charge in [-0.2, -0.15) is 0 Å². The molecule has 1 aromatic heterocycles. The number of nitrogens with zero attached hydrogens (tertiary/aromatic N) is 1. The van der Waals surface area contributed by atoms with Crippen LogP contribution in [0.15, 0.2) is 42.6 Å². The summed E-state index contributed by atoms with van der Waals surface area (Å²) in [5.74, 6) is -1.73. The predicted octanol–water partition coefficient (Wildman–Crippen LogP) is 1.18. The monoisotopic (exact) mass is 417 g/mol. The first-order valence-electron chi connectivity index (χ1n) is 9.21. The fraction of sp³-hybridized carbons (Fsp3) is 0.333. The van der Waals surface area contributed by atoms with Gasteiger partial charge in [0.15, 0.2) is 0 Å². The van der Waals surface area contributed by atoms with Crippen LogP contribution in [0.25, 0.3) is 0 Å². The lowest BCUT2D eigenvalue weighted by Gasteiger charge is -2.22. The lowest BCUT2D eigenvalue weighted by Crippen LogP contribution is -2.53. The number of methoxy groups -OCH3 is 2. The number of ether oxygens (including phenoxy) is 2. The number of benzene rings is 1. The second-order valence-electron chi connectivity index (χ2n) is 6.54. The Labute approximate surface area is 173 Å². The van der Waals surface area contributed by atoms with E-state index in [0.717, 1.165) is 0 Å². The van der Waals surface area contributed by atoms with E-state index in [9.17, 15) is 18.8 Å². The molecule has 2 atom stereocenters. The van der Waals surface area contributed by atoms with Crippen LogP contribution in [0, 0.1) is 5.82 Å². The molecule has 0 aliphatic carbocycles. The van der Waals surface area contributed by atoms with E-state index in [1.807, 2.05) is 0 Å². The molecular weight excluding hydrogens is 393 g/mol.